The predicted octanol–water partition coefficient (Wildman–Crippen LogP) is 4.03. The maximum atomic E-state index is 5.05. The van der Waals surface area contributed by atoms with E-state index in [1.165, 1.54) is 11.1 Å². The van der Waals surface area contributed by atoms with Gasteiger partial charge >= 0.3 is 0 Å². The minimum absolute atomic E-state index is 0.166. The van der Waals surface area contributed by atoms with Gasteiger partial charge in [-0.25, -0.2) is 0 Å². The van der Waals surface area contributed by atoms with E-state index in [1.807, 2.05) is 0 Å². The molecule has 1 unspecified atom stereocenters. The molecule has 1 heterocycles. The summed E-state index contributed by atoms with van der Waals surface area (Å²) in [5, 5.41) is 3.70. The quantitative estimate of drug-likeness (QED) is 0.920. The summed E-state index contributed by atoms with van der Waals surface area (Å²) in [6.07, 6.45) is 1.14. The van der Waals surface area contributed by atoms with Gasteiger partial charge in [0, 0.05) is 12.6 Å². The van der Waals surface area contributed by atoms with Crippen molar-refractivity contribution in [2.75, 3.05) is 13.1 Å². The topological polar surface area (TPSA) is 27.6 Å². The summed E-state index contributed by atoms with van der Waals surface area (Å²) in [7, 11) is 0. The Labute approximate surface area is 145 Å². The molecule has 1 fully saturated rings. The van der Waals surface area contributed by atoms with Crippen LogP contribution in [0.25, 0.3) is 0 Å². The Hall–Kier alpha value is -2.13. The summed E-state index contributed by atoms with van der Waals surface area (Å²) < 4.78 is 0. The fourth-order valence-corrected chi connectivity index (χ4v) is 3.24. The number of rotatable bonds is 4. The molecule has 2 aromatic rings. The fraction of sp³-hybridized carbons (Fsp3) is 0.381. The third-order valence-corrected chi connectivity index (χ3v) is 4.50. The monoisotopic (exact) mass is 321 g/mol. The first kappa shape index (κ1) is 16.7. The molecule has 1 aliphatic heterocycles. The van der Waals surface area contributed by atoms with Crippen molar-refractivity contribution in [3.63, 3.8) is 0 Å². The minimum atomic E-state index is 0.166. The zero-order valence-electron chi connectivity index (χ0n) is 14.7. The lowest BCUT2D eigenvalue weighted by molar-refractivity contribution is 0.346. The smallest absolute Gasteiger partial charge is 0.121 e. The lowest BCUT2D eigenvalue weighted by Crippen LogP contribution is -2.42. The molecule has 1 N–H and O–H groups in total. The summed E-state index contributed by atoms with van der Waals surface area (Å²) >= 11 is 0. The maximum absolute atomic E-state index is 5.05. The fourth-order valence-electron chi connectivity index (χ4n) is 3.24. The van der Waals surface area contributed by atoms with E-state index in [0.717, 1.165) is 31.9 Å². The Morgan fingerprint density at radius 3 is 2.38 bits per heavy atom. The molecule has 0 aromatic heterocycles. The second-order valence-corrected chi connectivity index (χ2v) is 6.60. The van der Waals surface area contributed by atoms with E-state index in [4.69, 9.17) is 4.99 Å². The number of benzene rings is 2. The van der Waals surface area contributed by atoms with Crippen LogP contribution in [-0.2, 0) is 6.54 Å². The minimum Gasteiger partial charge on any atom is -0.356 e. The van der Waals surface area contributed by atoms with E-state index < -0.39 is 0 Å². The van der Waals surface area contributed by atoms with Crippen LogP contribution in [0.15, 0.2) is 65.7 Å². The Morgan fingerprint density at radius 1 is 1.04 bits per heavy atom. The average Bonchev–Trinajstić information content (AvgIpc) is 2.84. The molecule has 2 aromatic carbocycles. The van der Waals surface area contributed by atoms with E-state index in [-0.39, 0.29) is 6.04 Å². The SMILES string of the molecule is CC(C)N1CCCNC(c2ccccc2)/C1=N/Cc1ccccc1. The van der Waals surface area contributed by atoms with Crippen LogP contribution in [0.5, 0.6) is 0 Å². The van der Waals surface area contributed by atoms with Gasteiger partial charge in [0.25, 0.3) is 0 Å². The molecule has 1 aliphatic rings. The van der Waals surface area contributed by atoms with Crippen molar-refractivity contribution in [3.8, 4) is 0 Å². The summed E-state index contributed by atoms with van der Waals surface area (Å²) in [5.41, 5.74) is 2.54. The summed E-state index contributed by atoms with van der Waals surface area (Å²) in [6.45, 7) is 7.32. The highest BCUT2D eigenvalue weighted by Crippen LogP contribution is 2.22. The normalized spacial score (nSPS) is 20.4. The van der Waals surface area contributed by atoms with Crippen LogP contribution in [0.4, 0.5) is 0 Å². The molecule has 0 saturated carbocycles. The second kappa shape index (κ2) is 8.11. The Morgan fingerprint density at radius 2 is 1.71 bits per heavy atom. The molecule has 126 valence electrons. The molecule has 0 aliphatic carbocycles. The van der Waals surface area contributed by atoms with Gasteiger partial charge in [-0.1, -0.05) is 60.7 Å². The standard InChI is InChI=1S/C21H27N3/c1-17(2)24-15-9-14-22-20(19-12-7-4-8-13-19)21(24)23-16-18-10-5-3-6-11-18/h3-8,10-13,17,20,22H,9,14-16H2,1-2H3/b23-21-. The molecule has 1 saturated heterocycles. The van der Waals surface area contributed by atoms with Crippen molar-refractivity contribution in [2.24, 2.45) is 4.99 Å². The van der Waals surface area contributed by atoms with Crippen LogP contribution < -0.4 is 5.32 Å². The van der Waals surface area contributed by atoms with Crippen molar-refractivity contribution in [1.82, 2.24) is 10.2 Å². The van der Waals surface area contributed by atoms with Gasteiger partial charge in [0.15, 0.2) is 0 Å². The molecular formula is C21H27N3. The van der Waals surface area contributed by atoms with Gasteiger partial charge in [-0.2, -0.15) is 0 Å². The molecule has 0 spiro atoms. The third kappa shape index (κ3) is 4.04. The van der Waals surface area contributed by atoms with Crippen LogP contribution >= 0.6 is 0 Å². The molecular weight excluding hydrogens is 294 g/mol. The van der Waals surface area contributed by atoms with E-state index in [1.54, 1.807) is 0 Å². The Balaban J connectivity index is 1.94. The molecule has 24 heavy (non-hydrogen) atoms. The molecule has 0 radical (unpaired) electrons. The first-order chi connectivity index (χ1) is 11.8. The van der Waals surface area contributed by atoms with Crippen molar-refractivity contribution in [3.05, 3.63) is 71.8 Å². The van der Waals surface area contributed by atoms with Gasteiger partial charge in [-0.05, 0) is 37.9 Å². The predicted molar refractivity (Wildman–Crippen MR) is 101 cm³/mol. The van der Waals surface area contributed by atoms with Gasteiger partial charge in [0.05, 0.1) is 12.6 Å². The van der Waals surface area contributed by atoms with Crippen molar-refractivity contribution >= 4 is 5.84 Å². The van der Waals surface area contributed by atoms with Crippen LogP contribution in [0.3, 0.4) is 0 Å². The van der Waals surface area contributed by atoms with E-state index in [9.17, 15) is 0 Å². The Kier molecular flexibility index (Phi) is 5.65. The van der Waals surface area contributed by atoms with Crippen LogP contribution in [0.1, 0.15) is 37.4 Å². The molecule has 3 nitrogen and oxygen atoms in total. The van der Waals surface area contributed by atoms with Gasteiger partial charge in [-0.15, -0.1) is 0 Å². The van der Waals surface area contributed by atoms with Gasteiger partial charge < -0.3 is 10.2 Å². The number of hydrogen-bond acceptors (Lipinski definition) is 2. The third-order valence-electron chi connectivity index (χ3n) is 4.50. The summed E-state index contributed by atoms with van der Waals surface area (Å²) in [5.74, 6) is 1.16. The number of amidine groups is 1. The number of nitrogens with zero attached hydrogens (tertiary/aromatic N) is 2. The highest BCUT2D eigenvalue weighted by Gasteiger charge is 2.27. The summed E-state index contributed by atoms with van der Waals surface area (Å²) in [4.78, 5) is 7.51. The molecule has 0 bridgehead atoms. The second-order valence-electron chi connectivity index (χ2n) is 6.60. The van der Waals surface area contributed by atoms with Crippen molar-refractivity contribution in [2.45, 2.75) is 38.9 Å². The lowest BCUT2D eigenvalue weighted by atomic mass is 10.0. The van der Waals surface area contributed by atoms with Gasteiger partial charge in [0.2, 0.25) is 0 Å². The zero-order chi connectivity index (χ0) is 16.8. The van der Waals surface area contributed by atoms with E-state index in [2.05, 4.69) is 84.7 Å². The molecule has 0 amide bonds. The van der Waals surface area contributed by atoms with E-state index in [0.29, 0.717) is 6.04 Å². The van der Waals surface area contributed by atoms with Crippen molar-refractivity contribution in [1.29, 1.82) is 0 Å². The first-order valence-corrected chi connectivity index (χ1v) is 8.89. The van der Waals surface area contributed by atoms with E-state index >= 15 is 0 Å². The van der Waals surface area contributed by atoms with Crippen molar-refractivity contribution < 1.29 is 0 Å². The molecule has 1 atom stereocenters. The number of nitrogens with one attached hydrogen (secondary N) is 1. The lowest BCUT2D eigenvalue weighted by Gasteiger charge is -2.32. The van der Waals surface area contributed by atoms with Crippen LogP contribution in [0.2, 0.25) is 0 Å². The molecule has 3 heteroatoms. The first-order valence-electron chi connectivity index (χ1n) is 8.89. The van der Waals surface area contributed by atoms with Gasteiger partial charge in [0.1, 0.15) is 5.84 Å². The highest BCUT2D eigenvalue weighted by molar-refractivity contribution is 5.89. The Bertz CT molecular complexity index is 649. The van der Waals surface area contributed by atoms with Crippen LogP contribution in [-0.4, -0.2) is 29.9 Å². The number of hydrogen-bond donors (Lipinski definition) is 1. The zero-order valence-corrected chi connectivity index (χ0v) is 14.7. The average molecular weight is 321 g/mol. The van der Waals surface area contributed by atoms with Crippen LogP contribution in [0, 0.1) is 0 Å². The van der Waals surface area contributed by atoms with Gasteiger partial charge in [-0.3, -0.25) is 4.99 Å². The largest absolute Gasteiger partial charge is 0.356 e. The maximum Gasteiger partial charge on any atom is 0.121 e. The number of aliphatic imine (C=N–C) groups is 1. The summed E-state index contributed by atoms with van der Waals surface area (Å²) in [6, 6.07) is 21.8. The molecule has 3 rings (SSSR count). The highest BCUT2D eigenvalue weighted by atomic mass is 15.2.